The number of ketones is 1. The topological polar surface area (TPSA) is 63.2 Å². The normalized spacial score (nSPS) is 20.2. The van der Waals surface area contributed by atoms with Crippen molar-refractivity contribution in [2.45, 2.75) is 49.1 Å². The number of amides is 1. The van der Waals surface area contributed by atoms with Crippen LogP contribution in [0.25, 0.3) is 0 Å². The van der Waals surface area contributed by atoms with E-state index in [4.69, 9.17) is 0 Å². The highest BCUT2D eigenvalue weighted by atomic mass is 32.2. The van der Waals surface area contributed by atoms with Crippen molar-refractivity contribution < 1.29 is 9.59 Å². The lowest BCUT2D eigenvalue weighted by molar-refractivity contribution is -0.121. The lowest BCUT2D eigenvalue weighted by Gasteiger charge is -2.41. The first-order valence-corrected chi connectivity index (χ1v) is 12.9. The monoisotopic (exact) mass is 475 g/mol. The number of thioether (sulfide) groups is 1. The summed E-state index contributed by atoms with van der Waals surface area (Å²) in [5.74, 6) is 0.701. The second-order valence-electron chi connectivity index (χ2n) is 9.32. The first-order chi connectivity index (χ1) is 15.9. The van der Waals surface area contributed by atoms with Gasteiger partial charge in [0.25, 0.3) is 0 Å². The molecule has 5 nitrogen and oxygen atoms in total. The highest BCUT2D eigenvalue weighted by molar-refractivity contribution is 8.00. The van der Waals surface area contributed by atoms with Crippen LogP contribution in [0, 0.1) is 5.41 Å². The summed E-state index contributed by atoms with van der Waals surface area (Å²) in [6.45, 7) is 4.18. The summed E-state index contributed by atoms with van der Waals surface area (Å²) in [6.07, 6.45) is 1.42. The molecule has 33 heavy (non-hydrogen) atoms. The number of carbonyl (C=O) groups excluding carboxylic acids is 2. The number of allylic oxidation sites excluding steroid dienone is 2. The van der Waals surface area contributed by atoms with Gasteiger partial charge < -0.3 is 0 Å². The Hall–Kier alpha value is -2.77. The predicted molar refractivity (Wildman–Crippen MR) is 132 cm³/mol. The van der Waals surface area contributed by atoms with Crippen molar-refractivity contribution in [2.24, 2.45) is 5.41 Å². The van der Waals surface area contributed by atoms with Crippen LogP contribution in [-0.4, -0.2) is 21.9 Å². The van der Waals surface area contributed by atoms with Crippen molar-refractivity contribution in [3.8, 4) is 0 Å². The lowest BCUT2D eigenvalue weighted by atomic mass is 9.69. The largest absolute Gasteiger partial charge is 0.294 e. The second-order valence-corrected chi connectivity index (χ2v) is 11.5. The molecular formula is C26H25N3O2S2. The number of carbonyl (C=O) groups is 2. The molecule has 0 radical (unpaired) electrons. The Labute approximate surface area is 201 Å². The molecule has 1 unspecified atom stereocenters. The number of aromatic nitrogens is 2. The molecule has 1 aromatic heterocycles. The maximum absolute atomic E-state index is 13.5. The van der Waals surface area contributed by atoms with Crippen LogP contribution < -0.4 is 4.90 Å². The predicted octanol–water partition coefficient (Wildman–Crippen LogP) is 5.99. The summed E-state index contributed by atoms with van der Waals surface area (Å²) in [5.41, 5.74) is 3.60. The highest BCUT2D eigenvalue weighted by Gasteiger charge is 2.45. The fourth-order valence-corrected chi connectivity index (χ4v) is 6.52. The molecule has 2 heterocycles. The van der Waals surface area contributed by atoms with Gasteiger partial charge in [-0.1, -0.05) is 97.6 Å². The quantitative estimate of drug-likeness (QED) is 0.335. The van der Waals surface area contributed by atoms with E-state index in [1.807, 2.05) is 48.5 Å². The summed E-state index contributed by atoms with van der Waals surface area (Å²) in [5, 5.41) is 9.27. The van der Waals surface area contributed by atoms with Crippen LogP contribution in [0.2, 0.25) is 0 Å². The van der Waals surface area contributed by atoms with Crippen molar-refractivity contribution in [1.29, 1.82) is 0 Å². The molecule has 1 atom stereocenters. The Bertz CT molecular complexity index is 1220. The average Bonchev–Trinajstić information content (AvgIpc) is 3.26. The molecule has 2 aromatic carbocycles. The smallest absolute Gasteiger partial charge is 0.234 e. The Morgan fingerprint density at radius 1 is 1.00 bits per heavy atom. The van der Waals surface area contributed by atoms with Crippen molar-refractivity contribution in [3.63, 3.8) is 0 Å². The number of rotatable bonds is 5. The molecule has 168 valence electrons. The van der Waals surface area contributed by atoms with E-state index in [-0.39, 0.29) is 29.4 Å². The standard InChI is InChI=1S/C26H25N3O2S2/c1-26(2)14-20-23(21(30)15-26)19(18-11-7-4-8-12-18)13-22(31)29(20)24-27-28-25(33-24)32-16-17-9-5-3-6-10-17/h3-12,19H,13-16H2,1-2H3. The number of benzene rings is 2. The van der Waals surface area contributed by atoms with Gasteiger partial charge in [-0.05, 0) is 23.0 Å². The van der Waals surface area contributed by atoms with Crippen molar-refractivity contribution in [3.05, 3.63) is 83.1 Å². The van der Waals surface area contributed by atoms with Crippen LogP contribution in [0.15, 0.2) is 76.3 Å². The Kier molecular flexibility index (Phi) is 5.93. The average molecular weight is 476 g/mol. The van der Waals surface area contributed by atoms with Gasteiger partial charge in [-0.25, -0.2) is 0 Å². The second kappa shape index (κ2) is 8.88. The summed E-state index contributed by atoms with van der Waals surface area (Å²) in [4.78, 5) is 28.5. The van der Waals surface area contributed by atoms with E-state index in [9.17, 15) is 9.59 Å². The zero-order valence-electron chi connectivity index (χ0n) is 18.7. The van der Waals surface area contributed by atoms with Gasteiger partial charge in [-0.3, -0.25) is 14.5 Å². The van der Waals surface area contributed by atoms with E-state index in [2.05, 4.69) is 36.2 Å². The molecule has 0 spiro atoms. The van der Waals surface area contributed by atoms with Gasteiger partial charge in [-0.15, -0.1) is 10.2 Å². The van der Waals surface area contributed by atoms with Gasteiger partial charge in [0.05, 0.1) is 0 Å². The van der Waals surface area contributed by atoms with E-state index >= 15 is 0 Å². The molecule has 1 aliphatic carbocycles. The molecule has 2 aliphatic rings. The van der Waals surface area contributed by atoms with Crippen LogP contribution in [0.3, 0.4) is 0 Å². The minimum atomic E-state index is -0.206. The molecule has 0 saturated heterocycles. The Morgan fingerprint density at radius 2 is 1.70 bits per heavy atom. The van der Waals surface area contributed by atoms with Crippen molar-refractivity contribution in [2.75, 3.05) is 4.90 Å². The van der Waals surface area contributed by atoms with E-state index in [1.165, 1.54) is 16.9 Å². The fraction of sp³-hybridized carbons (Fsp3) is 0.308. The third-order valence-corrected chi connectivity index (χ3v) is 8.25. The molecular weight excluding hydrogens is 450 g/mol. The van der Waals surface area contributed by atoms with E-state index in [0.29, 0.717) is 18.0 Å². The van der Waals surface area contributed by atoms with Crippen LogP contribution >= 0.6 is 23.1 Å². The maximum atomic E-state index is 13.5. The maximum Gasteiger partial charge on any atom is 0.234 e. The summed E-state index contributed by atoms with van der Waals surface area (Å²) in [7, 11) is 0. The zero-order valence-corrected chi connectivity index (χ0v) is 20.3. The molecule has 0 N–H and O–H groups in total. The van der Waals surface area contributed by atoms with Crippen LogP contribution in [0.4, 0.5) is 5.13 Å². The zero-order chi connectivity index (χ0) is 23.0. The minimum absolute atomic E-state index is 0.0242. The number of hydrogen-bond acceptors (Lipinski definition) is 6. The van der Waals surface area contributed by atoms with Gasteiger partial charge in [0.15, 0.2) is 10.1 Å². The molecule has 3 aromatic rings. The van der Waals surface area contributed by atoms with Gasteiger partial charge in [0.1, 0.15) is 0 Å². The minimum Gasteiger partial charge on any atom is -0.294 e. The first kappa shape index (κ1) is 22.0. The van der Waals surface area contributed by atoms with Gasteiger partial charge >= 0.3 is 0 Å². The Morgan fingerprint density at radius 3 is 2.42 bits per heavy atom. The molecule has 0 saturated carbocycles. The van der Waals surface area contributed by atoms with Crippen LogP contribution in [0.5, 0.6) is 0 Å². The molecule has 5 rings (SSSR count). The van der Waals surface area contributed by atoms with Crippen molar-refractivity contribution >= 4 is 39.9 Å². The van der Waals surface area contributed by atoms with E-state index in [0.717, 1.165) is 26.9 Å². The van der Waals surface area contributed by atoms with Gasteiger partial charge in [-0.2, -0.15) is 0 Å². The lowest BCUT2D eigenvalue weighted by Crippen LogP contribution is -2.43. The number of nitrogens with zero attached hydrogens (tertiary/aromatic N) is 3. The van der Waals surface area contributed by atoms with Gasteiger partial charge in [0.2, 0.25) is 11.0 Å². The molecule has 1 aliphatic heterocycles. The van der Waals surface area contributed by atoms with Gasteiger partial charge in [0, 0.05) is 35.8 Å². The molecule has 7 heteroatoms. The summed E-state index contributed by atoms with van der Waals surface area (Å²) in [6, 6.07) is 20.1. The van der Waals surface area contributed by atoms with E-state index in [1.54, 1.807) is 16.7 Å². The molecule has 0 bridgehead atoms. The Balaban J connectivity index is 1.50. The number of hydrogen-bond donors (Lipinski definition) is 0. The highest BCUT2D eigenvalue weighted by Crippen LogP contribution is 2.48. The van der Waals surface area contributed by atoms with Crippen molar-refractivity contribution in [1.82, 2.24) is 10.2 Å². The number of anilines is 1. The SMILES string of the molecule is CC1(C)CC(=O)C2=C(C1)N(c1nnc(SCc3ccccc3)s1)C(=O)CC2c1ccccc1. The third-order valence-electron chi connectivity index (χ3n) is 6.14. The van der Waals surface area contributed by atoms with Crippen LogP contribution in [-0.2, 0) is 15.3 Å². The summed E-state index contributed by atoms with van der Waals surface area (Å²) < 4.78 is 0.815. The van der Waals surface area contributed by atoms with E-state index < -0.39 is 0 Å². The fourth-order valence-electron chi connectivity index (χ4n) is 4.68. The molecule has 0 fully saturated rings. The first-order valence-electron chi connectivity index (χ1n) is 11.1. The molecule has 1 amide bonds. The third kappa shape index (κ3) is 4.52. The van der Waals surface area contributed by atoms with Crippen LogP contribution in [0.1, 0.15) is 50.2 Å². The summed E-state index contributed by atoms with van der Waals surface area (Å²) >= 11 is 3.03. The number of Topliss-reactive ketones (excluding diaryl/α,β-unsaturated/α-hetero) is 1.